The highest BCUT2D eigenvalue weighted by Crippen LogP contribution is 2.21. The van der Waals surface area contributed by atoms with E-state index >= 15 is 0 Å². The van der Waals surface area contributed by atoms with E-state index in [-0.39, 0.29) is 43.0 Å². The summed E-state index contributed by atoms with van der Waals surface area (Å²) in [5.41, 5.74) is 0.961. The van der Waals surface area contributed by atoms with Gasteiger partial charge in [0, 0.05) is 32.7 Å². The summed E-state index contributed by atoms with van der Waals surface area (Å²) in [5.74, 6) is 0.0377. The third-order valence-electron chi connectivity index (χ3n) is 4.62. The third-order valence-corrected chi connectivity index (χ3v) is 4.62. The van der Waals surface area contributed by atoms with E-state index in [2.05, 4.69) is 5.32 Å². The van der Waals surface area contributed by atoms with Crippen molar-refractivity contribution in [2.75, 3.05) is 33.2 Å². The zero-order valence-corrected chi connectivity index (χ0v) is 14.6. The number of likely N-dealkylation sites (tertiary alicyclic amines) is 1. The molecule has 1 atom stereocenters. The van der Waals surface area contributed by atoms with Crippen molar-refractivity contribution in [3.8, 4) is 0 Å². The van der Waals surface area contributed by atoms with Crippen LogP contribution in [-0.2, 0) is 16.1 Å². The summed E-state index contributed by atoms with van der Waals surface area (Å²) in [6.07, 6.45) is 0.653. The molecular formula is C17H24ClN3O3. The van der Waals surface area contributed by atoms with Crippen molar-refractivity contribution in [3.05, 3.63) is 35.9 Å². The van der Waals surface area contributed by atoms with Gasteiger partial charge in [0.05, 0.1) is 5.92 Å². The van der Waals surface area contributed by atoms with E-state index < -0.39 is 0 Å². The molecule has 0 saturated carbocycles. The number of nitrogens with one attached hydrogen (secondary N) is 1. The molecule has 2 aliphatic rings. The van der Waals surface area contributed by atoms with Crippen LogP contribution in [0.2, 0.25) is 0 Å². The van der Waals surface area contributed by atoms with Gasteiger partial charge in [0.15, 0.2) is 0 Å². The number of amides is 2. The SMILES string of the molecule is CN(C(=O)C1CN(C(=O)OCc2ccccc2)C1)[C@@H]1CCNC1.Cl. The molecule has 1 N–H and O–H groups in total. The molecule has 7 heteroatoms. The summed E-state index contributed by atoms with van der Waals surface area (Å²) in [6.45, 7) is 3.00. The molecule has 2 fully saturated rings. The first-order chi connectivity index (χ1) is 11.1. The smallest absolute Gasteiger partial charge is 0.410 e. The highest BCUT2D eigenvalue weighted by Gasteiger charge is 2.39. The highest BCUT2D eigenvalue weighted by atomic mass is 35.5. The predicted molar refractivity (Wildman–Crippen MR) is 93.0 cm³/mol. The van der Waals surface area contributed by atoms with E-state index in [0.717, 1.165) is 25.1 Å². The largest absolute Gasteiger partial charge is 0.445 e. The number of hydrogen-bond donors (Lipinski definition) is 1. The Bertz CT molecular complexity index is 557. The zero-order valence-electron chi connectivity index (χ0n) is 13.8. The molecule has 0 bridgehead atoms. The van der Waals surface area contributed by atoms with Gasteiger partial charge in [-0.1, -0.05) is 30.3 Å². The molecule has 2 aliphatic heterocycles. The molecule has 2 amide bonds. The van der Waals surface area contributed by atoms with Crippen LogP contribution < -0.4 is 5.32 Å². The van der Waals surface area contributed by atoms with E-state index in [1.54, 1.807) is 4.90 Å². The number of rotatable bonds is 4. The number of benzene rings is 1. The van der Waals surface area contributed by atoms with Crippen molar-refractivity contribution < 1.29 is 14.3 Å². The minimum atomic E-state index is -0.344. The first-order valence-electron chi connectivity index (χ1n) is 8.08. The van der Waals surface area contributed by atoms with Crippen LogP contribution in [0.25, 0.3) is 0 Å². The summed E-state index contributed by atoms with van der Waals surface area (Å²) >= 11 is 0. The lowest BCUT2D eigenvalue weighted by Crippen LogP contribution is -2.57. The Morgan fingerprint density at radius 3 is 2.62 bits per heavy atom. The minimum absolute atomic E-state index is 0. The average Bonchev–Trinajstić information content (AvgIpc) is 3.06. The monoisotopic (exact) mass is 353 g/mol. The van der Waals surface area contributed by atoms with Gasteiger partial charge in [0.1, 0.15) is 6.61 Å². The number of likely N-dealkylation sites (N-methyl/N-ethyl adjacent to an activating group) is 1. The molecule has 0 spiro atoms. The van der Waals surface area contributed by atoms with Gasteiger partial charge >= 0.3 is 6.09 Å². The fraction of sp³-hybridized carbons (Fsp3) is 0.529. The summed E-state index contributed by atoms with van der Waals surface area (Å²) < 4.78 is 5.27. The lowest BCUT2D eigenvalue weighted by Gasteiger charge is -2.40. The molecular weight excluding hydrogens is 330 g/mol. The Kier molecular flexibility index (Phi) is 6.45. The number of nitrogens with zero attached hydrogens (tertiary/aromatic N) is 2. The Balaban J connectivity index is 0.00000208. The Morgan fingerprint density at radius 2 is 2.00 bits per heavy atom. The maximum atomic E-state index is 12.4. The fourth-order valence-electron chi connectivity index (χ4n) is 3.03. The zero-order chi connectivity index (χ0) is 16.2. The molecule has 2 saturated heterocycles. The number of hydrogen-bond acceptors (Lipinski definition) is 4. The fourth-order valence-corrected chi connectivity index (χ4v) is 3.03. The van der Waals surface area contributed by atoms with Gasteiger partial charge in [0.25, 0.3) is 0 Å². The van der Waals surface area contributed by atoms with Gasteiger partial charge in [0.2, 0.25) is 5.91 Å². The van der Waals surface area contributed by atoms with Crippen molar-refractivity contribution in [2.45, 2.75) is 19.1 Å². The van der Waals surface area contributed by atoms with Crippen molar-refractivity contribution in [2.24, 2.45) is 5.92 Å². The van der Waals surface area contributed by atoms with Crippen molar-refractivity contribution in [1.82, 2.24) is 15.1 Å². The van der Waals surface area contributed by atoms with Gasteiger partial charge in [-0.25, -0.2) is 4.79 Å². The first-order valence-corrected chi connectivity index (χ1v) is 8.08. The molecule has 2 heterocycles. The standard InChI is InChI=1S/C17H23N3O3.ClH/c1-19(15-7-8-18-9-15)16(21)14-10-20(11-14)17(22)23-12-13-5-3-2-4-6-13;/h2-6,14-15,18H,7-12H2,1H3;1H/t15-;/m1./s1. The van der Waals surface area contributed by atoms with E-state index in [9.17, 15) is 9.59 Å². The van der Waals surface area contributed by atoms with Crippen LogP contribution in [0.3, 0.4) is 0 Å². The van der Waals surface area contributed by atoms with Crippen LogP contribution in [0.4, 0.5) is 4.79 Å². The second-order valence-corrected chi connectivity index (χ2v) is 6.24. The van der Waals surface area contributed by atoms with Crippen LogP contribution in [0.1, 0.15) is 12.0 Å². The van der Waals surface area contributed by atoms with Crippen molar-refractivity contribution in [1.29, 1.82) is 0 Å². The molecule has 1 aromatic carbocycles. The number of carbonyl (C=O) groups is 2. The first kappa shape index (κ1) is 18.5. The molecule has 24 heavy (non-hydrogen) atoms. The molecule has 0 aliphatic carbocycles. The summed E-state index contributed by atoms with van der Waals surface area (Å²) in [6, 6.07) is 9.86. The summed E-state index contributed by atoms with van der Waals surface area (Å²) in [5, 5.41) is 3.26. The van der Waals surface area contributed by atoms with Gasteiger partial charge in [-0.15, -0.1) is 12.4 Å². The molecule has 3 rings (SSSR count). The van der Waals surface area contributed by atoms with Crippen molar-refractivity contribution >= 4 is 24.4 Å². The summed E-state index contributed by atoms with van der Waals surface area (Å²) in [4.78, 5) is 27.8. The second kappa shape index (κ2) is 8.35. The van der Waals surface area contributed by atoms with Crippen LogP contribution in [-0.4, -0.2) is 61.1 Å². The van der Waals surface area contributed by atoms with E-state index in [0.29, 0.717) is 13.1 Å². The molecule has 1 aromatic rings. The van der Waals surface area contributed by atoms with E-state index in [1.165, 1.54) is 0 Å². The third kappa shape index (κ3) is 4.19. The topological polar surface area (TPSA) is 61.9 Å². The van der Waals surface area contributed by atoms with Gasteiger partial charge in [-0.3, -0.25) is 4.79 Å². The Labute approximate surface area is 148 Å². The maximum absolute atomic E-state index is 12.4. The quantitative estimate of drug-likeness (QED) is 0.891. The Morgan fingerprint density at radius 1 is 1.29 bits per heavy atom. The van der Waals surface area contributed by atoms with Crippen LogP contribution in [0, 0.1) is 5.92 Å². The van der Waals surface area contributed by atoms with Crippen LogP contribution >= 0.6 is 12.4 Å². The van der Waals surface area contributed by atoms with E-state index in [1.807, 2.05) is 42.3 Å². The predicted octanol–water partition coefficient (Wildman–Crippen LogP) is 1.50. The molecule has 0 unspecified atom stereocenters. The Hall–Kier alpha value is -1.79. The number of ether oxygens (including phenoxy) is 1. The minimum Gasteiger partial charge on any atom is -0.445 e. The molecule has 6 nitrogen and oxygen atoms in total. The number of carbonyl (C=O) groups excluding carboxylic acids is 2. The highest BCUT2D eigenvalue weighted by molar-refractivity contribution is 5.85. The second-order valence-electron chi connectivity index (χ2n) is 6.24. The van der Waals surface area contributed by atoms with Crippen LogP contribution in [0.5, 0.6) is 0 Å². The van der Waals surface area contributed by atoms with Gasteiger partial charge in [-0.2, -0.15) is 0 Å². The lowest BCUT2D eigenvalue weighted by molar-refractivity contribution is -0.140. The molecule has 132 valence electrons. The lowest BCUT2D eigenvalue weighted by atomic mass is 9.98. The number of halogens is 1. The van der Waals surface area contributed by atoms with E-state index in [4.69, 9.17) is 4.74 Å². The normalized spacial score (nSPS) is 20.0. The summed E-state index contributed by atoms with van der Waals surface area (Å²) in [7, 11) is 1.86. The molecule has 0 radical (unpaired) electrons. The molecule has 0 aromatic heterocycles. The van der Waals surface area contributed by atoms with Gasteiger partial charge < -0.3 is 19.9 Å². The average molecular weight is 354 g/mol. The van der Waals surface area contributed by atoms with Crippen LogP contribution in [0.15, 0.2) is 30.3 Å². The van der Waals surface area contributed by atoms with Crippen molar-refractivity contribution in [3.63, 3.8) is 0 Å². The maximum Gasteiger partial charge on any atom is 0.410 e. The van der Waals surface area contributed by atoms with Gasteiger partial charge in [-0.05, 0) is 18.5 Å².